The molecule has 0 amide bonds. The Hall–Kier alpha value is -3.13. The summed E-state index contributed by atoms with van der Waals surface area (Å²) in [4.78, 5) is 5.01. The molecule has 0 spiro atoms. The number of rotatable bonds is 4. The van der Waals surface area contributed by atoms with Gasteiger partial charge in [-0.25, -0.2) is 0 Å². The number of nitrogens with one attached hydrogen (secondary N) is 1. The summed E-state index contributed by atoms with van der Waals surface area (Å²) in [6.07, 6.45) is 7.03. The van der Waals surface area contributed by atoms with Crippen molar-refractivity contribution in [3.63, 3.8) is 0 Å². The predicted molar refractivity (Wildman–Crippen MR) is 109 cm³/mol. The van der Waals surface area contributed by atoms with E-state index < -0.39 is 0 Å². The van der Waals surface area contributed by atoms with E-state index in [1.165, 1.54) is 5.56 Å². The molecule has 3 aromatic rings. The first-order chi connectivity index (χ1) is 12.6. The van der Waals surface area contributed by atoms with Gasteiger partial charge < -0.3 is 5.32 Å². The third-order valence-electron chi connectivity index (χ3n) is 5.01. The van der Waals surface area contributed by atoms with Crippen molar-refractivity contribution >= 4 is 10.9 Å². The average Bonchev–Trinajstić information content (AvgIpc) is 2.68. The molecule has 1 N–H and O–H groups in total. The van der Waals surface area contributed by atoms with Gasteiger partial charge in [0.2, 0.25) is 0 Å². The van der Waals surface area contributed by atoms with Crippen LogP contribution in [-0.2, 0) is 11.8 Å². The molecular formula is C24H22N2. The van der Waals surface area contributed by atoms with E-state index in [-0.39, 0.29) is 5.41 Å². The lowest BCUT2D eigenvalue weighted by Gasteiger charge is -2.34. The lowest BCUT2D eigenvalue weighted by molar-refractivity contribution is 0.509. The third-order valence-corrected chi connectivity index (χ3v) is 5.01. The van der Waals surface area contributed by atoms with Gasteiger partial charge in [-0.05, 0) is 43.2 Å². The molecule has 1 aliphatic heterocycles. The molecule has 26 heavy (non-hydrogen) atoms. The Morgan fingerprint density at radius 2 is 1.73 bits per heavy atom. The summed E-state index contributed by atoms with van der Waals surface area (Å²) in [5, 5.41) is 4.62. The Labute approximate surface area is 154 Å². The van der Waals surface area contributed by atoms with Crippen molar-refractivity contribution in [1.82, 2.24) is 10.3 Å². The Kier molecular flexibility index (Phi) is 4.18. The van der Waals surface area contributed by atoms with E-state index in [2.05, 4.69) is 85.6 Å². The minimum atomic E-state index is -0.279. The standard InChI is InChI=1S/C24H22N2/c1-18-9-8-14-22(25-18)24(2,17-19-10-4-3-5-11-19)23-16-15-20-12-6-7-13-21(20)26-23/h3-16,25H,1,17H2,2H3. The van der Waals surface area contributed by atoms with Crippen LogP contribution in [0.3, 0.4) is 0 Å². The Morgan fingerprint density at radius 3 is 2.54 bits per heavy atom. The zero-order valence-electron chi connectivity index (χ0n) is 14.9. The highest BCUT2D eigenvalue weighted by Crippen LogP contribution is 2.35. The second kappa shape index (κ2) is 6.64. The van der Waals surface area contributed by atoms with Crippen molar-refractivity contribution in [3.8, 4) is 0 Å². The van der Waals surface area contributed by atoms with Crippen molar-refractivity contribution in [2.75, 3.05) is 0 Å². The van der Waals surface area contributed by atoms with Crippen LogP contribution in [-0.4, -0.2) is 4.98 Å². The van der Waals surface area contributed by atoms with Gasteiger partial charge in [0.05, 0.1) is 16.6 Å². The van der Waals surface area contributed by atoms with Crippen molar-refractivity contribution in [3.05, 3.63) is 114 Å². The molecule has 0 radical (unpaired) electrons. The summed E-state index contributed by atoms with van der Waals surface area (Å²) in [5.74, 6) is 0. The number of hydrogen-bond acceptors (Lipinski definition) is 2. The summed E-state index contributed by atoms with van der Waals surface area (Å²) in [6.45, 7) is 6.32. The first-order valence-electron chi connectivity index (χ1n) is 8.90. The second-order valence-corrected chi connectivity index (χ2v) is 6.97. The number of benzene rings is 2. The molecule has 1 aliphatic rings. The number of para-hydroxylation sites is 1. The van der Waals surface area contributed by atoms with E-state index in [4.69, 9.17) is 4.98 Å². The number of allylic oxidation sites excluding steroid dienone is 4. The molecular weight excluding hydrogens is 316 g/mol. The Bertz CT molecular complexity index is 1010. The van der Waals surface area contributed by atoms with Gasteiger partial charge in [-0.2, -0.15) is 0 Å². The van der Waals surface area contributed by atoms with E-state index >= 15 is 0 Å². The van der Waals surface area contributed by atoms with Crippen LogP contribution in [0.5, 0.6) is 0 Å². The molecule has 1 atom stereocenters. The van der Waals surface area contributed by atoms with Crippen molar-refractivity contribution < 1.29 is 0 Å². The topological polar surface area (TPSA) is 24.9 Å². The number of hydrogen-bond donors (Lipinski definition) is 1. The molecule has 2 nitrogen and oxygen atoms in total. The van der Waals surface area contributed by atoms with Crippen molar-refractivity contribution in [2.45, 2.75) is 18.8 Å². The number of fused-ring (bicyclic) bond motifs is 1. The molecule has 2 aromatic carbocycles. The highest BCUT2D eigenvalue weighted by molar-refractivity contribution is 5.78. The van der Waals surface area contributed by atoms with Gasteiger partial charge in [0, 0.05) is 16.8 Å². The average molecular weight is 338 g/mol. The van der Waals surface area contributed by atoms with Crippen LogP contribution in [0, 0.1) is 0 Å². The number of aromatic nitrogens is 1. The molecule has 2 heterocycles. The van der Waals surface area contributed by atoms with Crippen LogP contribution in [0.4, 0.5) is 0 Å². The monoisotopic (exact) mass is 338 g/mol. The largest absolute Gasteiger partial charge is 0.359 e. The number of nitrogens with zero attached hydrogens (tertiary/aromatic N) is 1. The lowest BCUT2D eigenvalue weighted by atomic mass is 9.76. The van der Waals surface area contributed by atoms with Gasteiger partial charge in [-0.3, -0.25) is 4.98 Å². The molecule has 1 unspecified atom stereocenters. The minimum Gasteiger partial charge on any atom is -0.359 e. The highest BCUT2D eigenvalue weighted by Gasteiger charge is 2.34. The molecule has 0 saturated heterocycles. The first-order valence-corrected chi connectivity index (χ1v) is 8.90. The van der Waals surface area contributed by atoms with Gasteiger partial charge in [-0.1, -0.05) is 67.3 Å². The fourth-order valence-electron chi connectivity index (χ4n) is 3.54. The summed E-state index contributed by atoms with van der Waals surface area (Å²) in [6, 6.07) is 23.1. The van der Waals surface area contributed by atoms with Crippen LogP contribution in [0.25, 0.3) is 10.9 Å². The summed E-state index contributed by atoms with van der Waals surface area (Å²) in [7, 11) is 0. The summed E-state index contributed by atoms with van der Waals surface area (Å²) in [5.41, 5.74) is 5.11. The van der Waals surface area contributed by atoms with Crippen LogP contribution in [0.2, 0.25) is 0 Å². The quantitative estimate of drug-likeness (QED) is 0.699. The SMILES string of the molecule is C=C1C=CC=C(C(C)(Cc2ccccc2)c2ccc3ccccc3n2)N1. The van der Waals surface area contributed by atoms with Crippen LogP contribution < -0.4 is 5.32 Å². The zero-order valence-corrected chi connectivity index (χ0v) is 14.9. The Balaban J connectivity index is 1.84. The Morgan fingerprint density at radius 1 is 0.962 bits per heavy atom. The predicted octanol–water partition coefficient (Wildman–Crippen LogP) is 5.29. The van der Waals surface area contributed by atoms with E-state index in [1.807, 2.05) is 18.2 Å². The number of pyridine rings is 1. The minimum absolute atomic E-state index is 0.279. The fourth-order valence-corrected chi connectivity index (χ4v) is 3.54. The van der Waals surface area contributed by atoms with Crippen molar-refractivity contribution in [1.29, 1.82) is 0 Å². The van der Waals surface area contributed by atoms with Gasteiger partial charge in [0.15, 0.2) is 0 Å². The van der Waals surface area contributed by atoms with E-state index in [1.54, 1.807) is 0 Å². The molecule has 1 aromatic heterocycles. The van der Waals surface area contributed by atoms with Crippen LogP contribution in [0.15, 0.2) is 103 Å². The number of dihydropyridines is 1. The first kappa shape index (κ1) is 16.3. The fraction of sp³-hybridized carbons (Fsp3) is 0.125. The molecule has 0 aliphatic carbocycles. The van der Waals surface area contributed by atoms with Gasteiger partial charge >= 0.3 is 0 Å². The second-order valence-electron chi connectivity index (χ2n) is 6.97. The molecule has 0 bridgehead atoms. The molecule has 0 saturated carbocycles. The van der Waals surface area contributed by atoms with Gasteiger partial charge in [0.25, 0.3) is 0 Å². The molecule has 4 rings (SSSR count). The van der Waals surface area contributed by atoms with Gasteiger partial charge in [-0.15, -0.1) is 0 Å². The van der Waals surface area contributed by atoms with E-state index in [9.17, 15) is 0 Å². The maximum absolute atomic E-state index is 5.01. The smallest absolute Gasteiger partial charge is 0.0705 e. The highest BCUT2D eigenvalue weighted by atomic mass is 14.9. The molecule has 2 heteroatoms. The van der Waals surface area contributed by atoms with E-state index in [0.717, 1.165) is 34.4 Å². The maximum atomic E-state index is 5.01. The van der Waals surface area contributed by atoms with Crippen LogP contribution in [0.1, 0.15) is 18.2 Å². The third kappa shape index (κ3) is 3.06. The normalized spacial score (nSPS) is 16.0. The van der Waals surface area contributed by atoms with E-state index in [0.29, 0.717) is 0 Å². The molecule has 128 valence electrons. The molecule has 0 fully saturated rings. The zero-order chi connectivity index (χ0) is 18.0. The van der Waals surface area contributed by atoms with Crippen molar-refractivity contribution in [2.24, 2.45) is 0 Å². The summed E-state index contributed by atoms with van der Waals surface area (Å²) < 4.78 is 0. The van der Waals surface area contributed by atoms with Gasteiger partial charge in [0.1, 0.15) is 0 Å². The van der Waals surface area contributed by atoms with Crippen LogP contribution >= 0.6 is 0 Å². The lowest BCUT2D eigenvalue weighted by Crippen LogP contribution is -2.36. The maximum Gasteiger partial charge on any atom is 0.0705 e. The summed E-state index contributed by atoms with van der Waals surface area (Å²) >= 11 is 0.